The van der Waals surface area contributed by atoms with Gasteiger partial charge in [-0.25, -0.2) is 0 Å². The summed E-state index contributed by atoms with van der Waals surface area (Å²) in [5.74, 6) is -0.582. The van der Waals surface area contributed by atoms with Gasteiger partial charge in [0.05, 0.1) is 35.4 Å². The summed E-state index contributed by atoms with van der Waals surface area (Å²) in [7, 11) is 6.61. The molecule has 0 radical (unpaired) electrons. The highest BCUT2D eigenvalue weighted by atomic mass is 16.6. The highest BCUT2D eigenvalue weighted by Crippen LogP contribution is 2.29. The van der Waals surface area contributed by atoms with Gasteiger partial charge in [0.2, 0.25) is 5.91 Å². The fraction of sp³-hybridized carbons (Fsp3) is 0.640. The van der Waals surface area contributed by atoms with Crippen molar-refractivity contribution in [2.24, 2.45) is 5.92 Å². The van der Waals surface area contributed by atoms with Crippen molar-refractivity contribution >= 4 is 11.8 Å². The summed E-state index contributed by atoms with van der Waals surface area (Å²) in [6.07, 6.45) is 1.25. The van der Waals surface area contributed by atoms with E-state index in [1.54, 1.807) is 44.3 Å². The van der Waals surface area contributed by atoms with Gasteiger partial charge in [-0.3, -0.25) is 9.59 Å². The third kappa shape index (κ3) is 5.69. The van der Waals surface area contributed by atoms with E-state index in [1.807, 2.05) is 6.92 Å². The molecule has 0 spiro atoms. The molecule has 0 unspecified atom stereocenters. The number of methoxy groups -OCH3 is 2. The molecule has 0 N–H and O–H groups in total. The van der Waals surface area contributed by atoms with Crippen LogP contribution in [-0.4, -0.2) is 94.0 Å². The summed E-state index contributed by atoms with van der Waals surface area (Å²) < 4.78 is 23.6. The highest BCUT2D eigenvalue weighted by molar-refractivity contribution is 5.97. The van der Waals surface area contributed by atoms with E-state index in [0.717, 1.165) is 12.8 Å². The van der Waals surface area contributed by atoms with Gasteiger partial charge in [-0.05, 0) is 31.4 Å². The fourth-order valence-corrected chi connectivity index (χ4v) is 4.63. The minimum absolute atomic E-state index is 0.0441. The number of likely N-dealkylation sites (N-methyl/N-ethyl adjacent to an activating group) is 1. The third-order valence-electron chi connectivity index (χ3n) is 6.83. The number of fused-ring (bicyclic) bond motifs is 3. The van der Waals surface area contributed by atoms with Crippen LogP contribution >= 0.6 is 0 Å². The van der Waals surface area contributed by atoms with Crippen LogP contribution in [0.5, 0.6) is 5.75 Å². The minimum Gasteiger partial charge on any atom is -0.489 e. The molecule has 0 aliphatic carbocycles. The van der Waals surface area contributed by atoms with Crippen LogP contribution in [0.4, 0.5) is 0 Å². The fourth-order valence-electron chi connectivity index (χ4n) is 4.63. The largest absolute Gasteiger partial charge is 0.489 e. The number of nitriles is 1. The lowest BCUT2D eigenvalue weighted by Gasteiger charge is -2.37. The van der Waals surface area contributed by atoms with Gasteiger partial charge in [0.25, 0.3) is 5.91 Å². The standard InChI is InChI=1S/C25H35N3O6/c1-16-21(32-5)14-28(3)25(30)19-8-6-7-17(13-26)23(19)33-15-22-20(31-4)10-9-18(34-22)11-12-27(2)24(16)29/h6-8,16,18,20-22H,9-12,14-15H2,1-5H3/t16-,18-,20+,21-,22-/m0/s1. The smallest absolute Gasteiger partial charge is 0.257 e. The van der Waals surface area contributed by atoms with Crippen molar-refractivity contribution in [1.29, 1.82) is 5.26 Å². The molecule has 2 amide bonds. The quantitative estimate of drug-likeness (QED) is 0.648. The number of carbonyl (C=O) groups excluding carboxylic acids is 2. The van der Waals surface area contributed by atoms with Crippen LogP contribution in [0.15, 0.2) is 18.2 Å². The molecule has 0 aromatic heterocycles. The lowest BCUT2D eigenvalue weighted by Crippen LogP contribution is -2.47. The Bertz CT molecular complexity index is 916. The molecular weight excluding hydrogens is 438 g/mol. The van der Waals surface area contributed by atoms with E-state index in [2.05, 4.69) is 6.07 Å². The highest BCUT2D eigenvalue weighted by Gasteiger charge is 2.34. The number of benzene rings is 1. The molecule has 0 saturated carbocycles. The number of hydrogen-bond acceptors (Lipinski definition) is 7. The predicted octanol–water partition coefficient (Wildman–Crippen LogP) is 2.08. The maximum absolute atomic E-state index is 13.4. The van der Waals surface area contributed by atoms with Crippen molar-refractivity contribution in [3.05, 3.63) is 29.3 Å². The van der Waals surface area contributed by atoms with E-state index in [9.17, 15) is 14.9 Å². The van der Waals surface area contributed by atoms with Crippen LogP contribution in [0.1, 0.15) is 42.1 Å². The molecule has 2 bridgehead atoms. The Balaban J connectivity index is 1.98. The van der Waals surface area contributed by atoms with E-state index in [-0.39, 0.29) is 60.2 Å². The molecule has 1 aromatic carbocycles. The van der Waals surface area contributed by atoms with E-state index in [0.29, 0.717) is 13.0 Å². The van der Waals surface area contributed by atoms with Gasteiger partial charge in [0, 0.05) is 41.4 Å². The first-order valence-electron chi connectivity index (χ1n) is 11.7. The van der Waals surface area contributed by atoms with Crippen molar-refractivity contribution in [3.63, 3.8) is 0 Å². The Morgan fingerprint density at radius 2 is 1.79 bits per heavy atom. The molecule has 9 heteroatoms. The van der Waals surface area contributed by atoms with E-state index in [1.165, 1.54) is 12.0 Å². The van der Waals surface area contributed by atoms with Crippen LogP contribution in [-0.2, 0) is 19.0 Å². The SMILES string of the molecule is CO[C@H]1CN(C)C(=O)c2cccc(C#N)c2OC[C@@H]2O[C@@H](CC[C@H]2OC)CCN(C)C(=O)[C@H]1C. The lowest BCUT2D eigenvalue weighted by atomic mass is 9.98. The Hall–Kier alpha value is -2.67. The van der Waals surface area contributed by atoms with Crippen LogP contribution < -0.4 is 4.74 Å². The Morgan fingerprint density at radius 1 is 1.06 bits per heavy atom. The van der Waals surface area contributed by atoms with E-state index >= 15 is 0 Å². The summed E-state index contributed by atoms with van der Waals surface area (Å²) in [6, 6.07) is 7.04. The maximum atomic E-state index is 13.4. The zero-order chi connectivity index (χ0) is 24.8. The van der Waals surface area contributed by atoms with Gasteiger partial charge in [-0.1, -0.05) is 13.0 Å². The Morgan fingerprint density at radius 3 is 2.47 bits per heavy atom. The topological polar surface area (TPSA) is 101 Å². The Labute approximate surface area is 201 Å². The molecule has 3 rings (SSSR count). The molecule has 1 saturated heterocycles. The summed E-state index contributed by atoms with van der Waals surface area (Å²) in [4.78, 5) is 29.7. The van der Waals surface area contributed by atoms with Crippen molar-refractivity contribution in [2.45, 2.75) is 50.6 Å². The molecular formula is C25H35N3O6. The van der Waals surface area contributed by atoms with Crippen molar-refractivity contribution in [3.8, 4) is 11.8 Å². The van der Waals surface area contributed by atoms with Gasteiger partial charge >= 0.3 is 0 Å². The summed E-state index contributed by atoms with van der Waals surface area (Å²) >= 11 is 0. The predicted molar refractivity (Wildman–Crippen MR) is 125 cm³/mol. The first-order valence-corrected chi connectivity index (χ1v) is 11.7. The van der Waals surface area contributed by atoms with E-state index < -0.39 is 12.0 Å². The zero-order valence-corrected chi connectivity index (χ0v) is 20.7. The first-order chi connectivity index (χ1) is 16.3. The maximum Gasteiger partial charge on any atom is 0.257 e. The molecule has 5 atom stereocenters. The molecule has 2 aliphatic rings. The van der Waals surface area contributed by atoms with Gasteiger partial charge in [-0.15, -0.1) is 0 Å². The number of para-hydroxylation sites is 1. The number of ether oxygens (including phenoxy) is 4. The molecule has 186 valence electrons. The summed E-state index contributed by atoms with van der Waals surface area (Å²) in [6.45, 7) is 2.72. The molecule has 1 fully saturated rings. The van der Waals surface area contributed by atoms with Gasteiger partial charge in [0.1, 0.15) is 24.5 Å². The molecule has 2 heterocycles. The monoisotopic (exact) mass is 473 g/mol. The Kier molecular flexibility index (Phi) is 8.89. The number of hydrogen-bond donors (Lipinski definition) is 0. The summed E-state index contributed by atoms with van der Waals surface area (Å²) in [5.41, 5.74) is 0.552. The van der Waals surface area contributed by atoms with Crippen molar-refractivity contribution in [2.75, 3.05) is 48.0 Å². The van der Waals surface area contributed by atoms with Crippen LogP contribution in [0.2, 0.25) is 0 Å². The van der Waals surface area contributed by atoms with Crippen LogP contribution in [0.25, 0.3) is 0 Å². The summed E-state index contributed by atoms with van der Waals surface area (Å²) in [5, 5.41) is 9.66. The van der Waals surface area contributed by atoms with Crippen molar-refractivity contribution in [1.82, 2.24) is 9.80 Å². The normalized spacial score (nSPS) is 29.2. The number of amides is 2. The second-order valence-electron chi connectivity index (χ2n) is 9.05. The van der Waals surface area contributed by atoms with Crippen molar-refractivity contribution < 1.29 is 28.5 Å². The second-order valence-corrected chi connectivity index (χ2v) is 9.05. The zero-order valence-electron chi connectivity index (χ0n) is 20.7. The molecule has 2 aliphatic heterocycles. The number of carbonyl (C=O) groups is 2. The average Bonchev–Trinajstić information content (AvgIpc) is 2.86. The molecule has 34 heavy (non-hydrogen) atoms. The van der Waals surface area contributed by atoms with Gasteiger partial charge in [-0.2, -0.15) is 5.26 Å². The van der Waals surface area contributed by atoms with Gasteiger partial charge in [0.15, 0.2) is 0 Å². The first kappa shape index (κ1) is 25.9. The number of rotatable bonds is 2. The lowest BCUT2D eigenvalue weighted by molar-refractivity contribution is -0.147. The average molecular weight is 474 g/mol. The molecule has 1 aromatic rings. The molecule has 9 nitrogen and oxygen atoms in total. The van der Waals surface area contributed by atoms with E-state index in [4.69, 9.17) is 18.9 Å². The number of nitrogens with zero attached hydrogens (tertiary/aromatic N) is 3. The minimum atomic E-state index is -0.488. The third-order valence-corrected chi connectivity index (χ3v) is 6.83. The van der Waals surface area contributed by atoms with Crippen LogP contribution in [0.3, 0.4) is 0 Å². The van der Waals surface area contributed by atoms with Gasteiger partial charge < -0.3 is 28.7 Å². The second kappa shape index (κ2) is 11.6. The van der Waals surface area contributed by atoms with Crippen LogP contribution in [0, 0.1) is 17.2 Å².